The summed E-state index contributed by atoms with van der Waals surface area (Å²) in [5.41, 5.74) is -0.0203. The van der Waals surface area contributed by atoms with Crippen molar-refractivity contribution in [3.63, 3.8) is 0 Å². The maximum absolute atomic E-state index is 11.8. The Kier molecular flexibility index (Phi) is 4.99. The number of esters is 2. The van der Waals surface area contributed by atoms with Crippen molar-refractivity contribution in [2.24, 2.45) is 5.41 Å². The minimum Gasteiger partial charge on any atom is -0.468 e. The number of nitrogens with zero attached hydrogens (tertiary/aromatic N) is 3. The molecule has 0 unspecified atom stereocenters. The largest absolute Gasteiger partial charge is 0.468 e. The molecule has 2 aromatic rings. The Morgan fingerprint density at radius 1 is 1.38 bits per heavy atom. The molecular weight excluding hydrogens is 366 g/mol. The molecular formula is C16H16ClN3O6. The topological polar surface area (TPSA) is 113 Å². The third kappa shape index (κ3) is 3.88. The van der Waals surface area contributed by atoms with E-state index in [-0.39, 0.29) is 24.2 Å². The third-order valence-electron chi connectivity index (χ3n) is 3.98. The molecule has 9 nitrogen and oxygen atoms in total. The summed E-state index contributed by atoms with van der Waals surface area (Å²) in [6.07, 6.45) is 2.68. The summed E-state index contributed by atoms with van der Waals surface area (Å²) in [5.74, 6) is -1.02. The molecule has 2 aromatic heterocycles. The second kappa shape index (κ2) is 7.20. The van der Waals surface area contributed by atoms with Crippen LogP contribution in [0.1, 0.15) is 12.8 Å². The van der Waals surface area contributed by atoms with E-state index in [1.54, 1.807) is 12.1 Å². The summed E-state index contributed by atoms with van der Waals surface area (Å²) in [7, 11) is 1.30. The molecule has 1 saturated carbocycles. The van der Waals surface area contributed by atoms with Crippen molar-refractivity contribution in [3.8, 4) is 17.3 Å². The molecule has 1 N–H and O–H groups in total. The van der Waals surface area contributed by atoms with Gasteiger partial charge in [0.1, 0.15) is 17.7 Å². The van der Waals surface area contributed by atoms with E-state index in [9.17, 15) is 14.8 Å². The highest BCUT2D eigenvalue weighted by Crippen LogP contribution is 2.46. The maximum atomic E-state index is 11.8. The van der Waals surface area contributed by atoms with E-state index in [1.807, 2.05) is 0 Å². The van der Waals surface area contributed by atoms with E-state index >= 15 is 0 Å². The molecule has 0 aromatic carbocycles. The molecule has 0 amide bonds. The zero-order chi connectivity index (χ0) is 18.7. The number of hydrogen-bond donors (Lipinski definition) is 1. The number of ether oxygens (including phenoxy) is 3. The molecule has 1 aliphatic rings. The highest BCUT2D eigenvalue weighted by atomic mass is 35.5. The number of halogens is 1. The summed E-state index contributed by atoms with van der Waals surface area (Å²) in [5, 5.41) is 14.0. The van der Waals surface area contributed by atoms with Crippen LogP contribution in [0.4, 0.5) is 0 Å². The van der Waals surface area contributed by atoms with Gasteiger partial charge in [0.2, 0.25) is 5.88 Å². The van der Waals surface area contributed by atoms with Gasteiger partial charge in [-0.3, -0.25) is 9.78 Å². The lowest BCUT2D eigenvalue weighted by atomic mass is 10.1. The molecule has 0 saturated heterocycles. The van der Waals surface area contributed by atoms with Crippen LogP contribution in [-0.4, -0.2) is 52.4 Å². The van der Waals surface area contributed by atoms with E-state index < -0.39 is 18.0 Å². The van der Waals surface area contributed by atoms with Gasteiger partial charge in [-0.05, 0) is 25.0 Å². The van der Waals surface area contributed by atoms with Crippen LogP contribution in [0.5, 0.6) is 5.88 Å². The number of methoxy groups -OCH3 is 1. The van der Waals surface area contributed by atoms with E-state index in [0.29, 0.717) is 28.4 Å². The van der Waals surface area contributed by atoms with Crippen LogP contribution in [-0.2, 0) is 19.1 Å². The highest BCUT2D eigenvalue weighted by Gasteiger charge is 2.52. The van der Waals surface area contributed by atoms with Crippen LogP contribution < -0.4 is 4.74 Å². The van der Waals surface area contributed by atoms with Crippen LogP contribution in [0, 0.1) is 5.41 Å². The number of carbonyl (C=O) groups excluding carboxylic acids is 2. The van der Waals surface area contributed by atoms with Crippen LogP contribution >= 0.6 is 11.6 Å². The average Bonchev–Trinajstić information content (AvgIpc) is 3.35. The molecule has 0 spiro atoms. The monoisotopic (exact) mass is 381 g/mol. The lowest BCUT2D eigenvalue weighted by molar-refractivity contribution is -0.156. The molecule has 0 atom stereocenters. The molecule has 0 radical (unpaired) electrons. The van der Waals surface area contributed by atoms with Crippen molar-refractivity contribution in [2.45, 2.75) is 12.8 Å². The number of aromatic nitrogens is 3. The zero-order valence-corrected chi connectivity index (χ0v) is 14.6. The second-order valence-electron chi connectivity index (χ2n) is 5.84. The normalized spacial score (nSPS) is 14.5. The number of carbonyl (C=O) groups is 2. The van der Waals surface area contributed by atoms with Crippen molar-refractivity contribution >= 4 is 23.5 Å². The quantitative estimate of drug-likeness (QED) is 0.569. The number of pyridine rings is 1. The Morgan fingerprint density at radius 2 is 2.15 bits per heavy atom. The SMILES string of the molecule is COC(=O)C1(COC(=O)COc2cc(-c3ccc(Cl)cn3)n(O)n2)CC1. The van der Waals surface area contributed by atoms with Gasteiger partial charge in [-0.25, -0.2) is 4.79 Å². The molecule has 0 aliphatic heterocycles. The third-order valence-corrected chi connectivity index (χ3v) is 4.20. The fourth-order valence-corrected chi connectivity index (χ4v) is 2.40. The van der Waals surface area contributed by atoms with Gasteiger partial charge in [0.05, 0.1) is 17.8 Å². The number of rotatable bonds is 7. The molecule has 1 aliphatic carbocycles. The van der Waals surface area contributed by atoms with Gasteiger partial charge in [-0.15, -0.1) is 0 Å². The van der Waals surface area contributed by atoms with Gasteiger partial charge >= 0.3 is 11.9 Å². The molecule has 138 valence electrons. The molecule has 1 fully saturated rings. The lowest BCUT2D eigenvalue weighted by Crippen LogP contribution is -2.26. The van der Waals surface area contributed by atoms with Gasteiger partial charge in [0, 0.05) is 12.3 Å². The Balaban J connectivity index is 1.53. The molecule has 3 rings (SSSR count). The van der Waals surface area contributed by atoms with Crippen LogP contribution in [0.25, 0.3) is 11.4 Å². The number of hydrogen-bond acceptors (Lipinski definition) is 8. The van der Waals surface area contributed by atoms with Crippen molar-refractivity contribution in [3.05, 3.63) is 29.4 Å². The summed E-state index contributed by atoms with van der Waals surface area (Å²) in [6.45, 7) is -0.460. The Hall–Kier alpha value is -2.81. The molecule has 0 bridgehead atoms. The Morgan fingerprint density at radius 3 is 2.77 bits per heavy atom. The smallest absolute Gasteiger partial charge is 0.344 e. The molecule has 10 heteroatoms. The first kappa shape index (κ1) is 18.0. The minimum atomic E-state index is -0.718. The van der Waals surface area contributed by atoms with Crippen LogP contribution in [0.3, 0.4) is 0 Å². The first-order chi connectivity index (χ1) is 12.4. The zero-order valence-electron chi connectivity index (χ0n) is 13.8. The van der Waals surface area contributed by atoms with Crippen LogP contribution in [0.2, 0.25) is 5.02 Å². The maximum Gasteiger partial charge on any atom is 0.344 e. The fraction of sp³-hybridized carbons (Fsp3) is 0.375. The first-order valence-electron chi connectivity index (χ1n) is 7.72. The summed E-state index contributed by atoms with van der Waals surface area (Å²) in [4.78, 5) is 28.0. The fourth-order valence-electron chi connectivity index (χ4n) is 2.29. The van der Waals surface area contributed by atoms with Crippen molar-refractivity contribution < 1.29 is 29.0 Å². The average molecular weight is 382 g/mol. The standard InChI is InChI=1S/C16H16ClN3O6/c1-24-15(22)16(4-5-16)9-26-14(21)8-25-13-6-12(20(23)19-13)11-3-2-10(17)7-18-11/h2-3,6-7,23H,4-5,8-9H2,1H3. The minimum absolute atomic E-state index is 0.0188. The van der Waals surface area contributed by atoms with Crippen molar-refractivity contribution in [2.75, 3.05) is 20.3 Å². The Bertz CT molecular complexity index is 816. The van der Waals surface area contributed by atoms with E-state index in [0.717, 1.165) is 0 Å². The highest BCUT2D eigenvalue weighted by molar-refractivity contribution is 6.30. The lowest BCUT2D eigenvalue weighted by Gasteiger charge is -2.12. The summed E-state index contributed by atoms with van der Waals surface area (Å²) in [6, 6.07) is 4.64. The van der Waals surface area contributed by atoms with Gasteiger partial charge in [-0.1, -0.05) is 21.5 Å². The van der Waals surface area contributed by atoms with Crippen molar-refractivity contribution in [1.82, 2.24) is 14.9 Å². The van der Waals surface area contributed by atoms with Gasteiger partial charge < -0.3 is 19.4 Å². The predicted octanol–water partition coefficient (Wildman–Crippen LogP) is 1.71. The van der Waals surface area contributed by atoms with Gasteiger partial charge in [0.25, 0.3) is 0 Å². The second-order valence-corrected chi connectivity index (χ2v) is 6.28. The first-order valence-corrected chi connectivity index (χ1v) is 8.09. The van der Waals surface area contributed by atoms with E-state index in [1.165, 1.54) is 19.4 Å². The van der Waals surface area contributed by atoms with E-state index in [2.05, 4.69) is 14.8 Å². The molecule has 26 heavy (non-hydrogen) atoms. The summed E-state index contributed by atoms with van der Waals surface area (Å²) < 4.78 is 15.0. The molecule has 2 heterocycles. The predicted molar refractivity (Wildman–Crippen MR) is 87.8 cm³/mol. The van der Waals surface area contributed by atoms with Crippen molar-refractivity contribution in [1.29, 1.82) is 0 Å². The summed E-state index contributed by atoms with van der Waals surface area (Å²) >= 11 is 5.77. The van der Waals surface area contributed by atoms with Gasteiger partial charge in [-0.2, -0.15) is 0 Å². The van der Waals surface area contributed by atoms with Crippen LogP contribution in [0.15, 0.2) is 24.4 Å². The van der Waals surface area contributed by atoms with E-state index in [4.69, 9.17) is 21.1 Å². The van der Waals surface area contributed by atoms with Gasteiger partial charge in [0.15, 0.2) is 6.61 Å². The Labute approximate surface area is 153 Å².